The fourth-order valence-electron chi connectivity index (χ4n) is 2.86. The van der Waals surface area contributed by atoms with Gasteiger partial charge in [-0.3, -0.25) is 0 Å². The van der Waals surface area contributed by atoms with E-state index in [-0.39, 0.29) is 0 Å². The van der Waals surface area contributed by atoms with E-state index < -0.39 is 0 Å². The molecule has 0 spiro atoms. The first-order valence-electron chi connectivity index (χ1n) is 7.20. The molecule has 1 aliphatic heterocycles. The highest BCUT2D eigenvalue weighted by atomic mass is 15.3. The van der Waals surface area contributed by atoms with Crippen molar-refractivity contribution >= 4 is 5.65 Å². The second kappa shape index (κ2) is 4.93. The van der Waals surface area contributed by atoms with Crippen LogP contribution >= 0.6 is 0 Å². The van der Waals surface area contributed by atoms with Gasteiger partial charge in [-0.25, -0.2) is 9.50 Å². The first kappa shape index (κ1) is 12.6. The lowest BCUT2D eigenvalue weighted by atomic mass is 9.96. The van der Waals surface area contributed by atoms with E-state index in [4.69, 9.17) is 4.98 Å². The first-order chi connectivity index (χ1) is 9.13. The van der Waals surface area contributed by atoms with E-state index in [9.17, 15) is 0 Å². The molecule has 1 unspecified atom stereocenters. The van der Waals surface area contributed by atoms with E-state index in [1.807, 2.05) is 4.52 Å². The van der Waals surface area contributed by atoms with Crippen molar-refractivity contribution in [1.82, 2.24) is 19.5 Å². The Labute approximate surface area is 114 Å². The molecule has 4 nitrogen and oxygen atoms in total. The summed E-state index contributed by atoms with van der Waals surface area (Å²) in [6, 6.07) is 4.76. The normalized spacial score (nSPS) is 21.4. The van der Waals surface area contributed by atoms with Crippen LogP contribution in [0.3, 0.4) is 0 Å². The molecular formula is C15H22N4. The van der Waals surface area contributed by atoms with Crippen LogP contribution in [0.5, 0.6) is 0 Å². The fraction of sp³-hybridized carbons (Fsp3) is 0.600. The Morgan fingerprint density at radius 1 is 1.32 bits per heavy atom. The number of aromatic nitrogens is 3. The number of rotatable bonds is 2. The smallest absolute Gasteiger partial charge is 0.156 e. The third kappa shape index (κ3) is 2.50. The summed E-state index contributed by atoms with van der Waals surface area (Å²) in [7, 11) is 0. The number of aryl methyl sites for hydroxylation is 1. The number of pyridine rings is 1. The average Bonchev–Trinajstić information content (AvgIpc) is 2.81. The minimum atomic E-state index is 0.483. The van der Waals surface area contributed by atoms with Gasteiger partial charge in [0.2, 0.25) is 0 Å². The van der Waals surface area contributed by atoms with Gasteiger partial charge in [-0.1, -0.05) is 6.07 Å². The summed E-state index contributed by atoms with van der Waals surface area (Å²) in [5.74, 6) is 1.49. The van der Waals surface area contributed by atoms with E-state index in [0.717, 1.165) is 18.0 Å². The quantitative estimate of drug-likeness (QED) is 0.830. The molecule has 0 bridgehead atoms. The fourth-order valence-corrected chi connectivity index (χ4v) is 2.86. The van der Waals surface area contributed by atoms with Gasteiger partial charge in [0.05, 0.1) is 0 Å². The van der Waals surface area contributed by atoms with Crippen LogP contribution in [-0.2, 0) is 0 Å². The maximum Gasteiger partial charge on any atom is 0.156 e. The molecule has 3 heterocycles. The van der Waals surface area contributed by atoms with E-state index in [2.05, 4.69) is 49.1 Å². The minimum absolute atomic E-state index is 0.483. The molecule has 2 aromatic rings. The highest BCUT2D eigenvalue weighted by molar-refractivity contribution is 5.38. The van der Waals surface area contributed by atoms with Gasteiger partial charge in [-0.05, 0) is 51.8 Å². The lowest BCUT2D eigenvalue weighted by molar-refractivity contribution is 0.165. The molecule has 0 N–H and O–H groups in total. The Morgan fingerprint density at radius 2 is 2.16 bits per heavy atom. The van der Waals surface area contributed by atoms with Gasteiger partial charge in [-0.15, -0.1) is 0 Å². The number of fused-ring (bicyclic) bond motifs is 1. The summed E-state index contributed by atoms with van der Waals surface area (Å²) in [6.07, 6.45) is 4.51. The van der Waals surface area contributed by atoms with Crippen molar-refractivity contribution in [2.45, 2.75) is 45.6 Å². The molecule has 2 aromatic heterocycles. The lowest BCUT2D eigenvalue weighted by Gasteiger charge is -2.34. The van der Waals surface area contributed by atoms with Gasteiger partial charge < -0.3 is 4.90 Å². The minimum Gasteiger partial charge on any atom is -0.300 e. The molecule has 1 saturated heterocycles. The Balaban J connectivity index is 1.87. The summed E-state index contributed by atoms with van der Waals surface area (Å²) in [5, 5.41) is 4.67. The lowest BCUT2D eigenvalue weighted by Crippen LogP contribution is -2.39. The molecule has 3 rings (SSSR count). The van der Waals surface area contributed by atoms with Gasteiger partial charge in [0, 0.05) is 24.7 Å². The van der Waals surface area contributed by atoms with Crippen LogP contribution in [0.2, 0.25) is 0 Å². The molecule has 0 saturated carbocycles. The second-order valence-electron chi connectivity index (χ2n) is 5.91. The zero-order valence-corrected chi connectivity index (χ0v) is 12.0. The molecule has 1 aliphatic rings. The second-order valence-corrected chi connectivity index (χ2v) is 5.91. The standard InChI is InChI=1S/C15H22N4/c1-11(2)18-8-4-5-13(10-18)15-16-14-7-6-12(3)9-19(14)17-15/h6-7,9,11,13H,4-5,8,10H2,1-3H3. The monoisotopic (exact) mass is 258 g/mol. The van der Waals surface area contributed by atoms with Gasteiger partial charge in [0.1, 0.15) is 0 Å². The first-order valence-corrected chi connectivity index (χ1v) is 7.20. The van der Waals surface area contributed by atoms with Crippen molar-refractivity contribution in [3.8, 4) is 0 Å². The summed E-state index contributed by atoms with van der Waals surface area (Å²) in [5.41, 5.74) is 2.18. The van der Waals surface area contributed by atoms with Crippen molar-refractivity contribution in [3.05, 3.63) is 29.7 Å². The highest BCUT2D eigenvalue weighted by Crippen LogP contribution is 2.26. The molecule has 102 valence electrons. The number of piperidine rings is 1. The number of hydrogen-bond acceptors (Lipinski definition) is 3. The Kier molecular flexibility index (Phi) is 3.27. The van der Waals surface area contributed by atoms with Gasteiger partial charge >= 0.3 is 0 Å². The van der Waals surface area contributed by atoms with Gasteiger partial charge in [0.25, 0.3) is 0 Å². The Morgan fingerprint density at radius 3 is 2.95 bits per heavy atom. The van der Waals surface area contributed by atoms with Crippen LogP contribution in [0.1, 0.15) is 44.0 Å². The van der Waals surface area contributed by atoms with Crippen LogP contribution in [0.15, 0.2) is 18.3 Å². The predicted molar refractivity (Wildman–Crippen MR) is 76.4 cm³/mol. The van der Waals surface area contributed by atoms with Crippen molar-refractivity contribution < 1.29 is 0 Å². The number of nitrogens with zero attached hydrogens (tertiary/aromatic N) is 4. The molecular weight excluding hydrogens is 236 g/mol. The average molecular weight is 258 g/mol. The van der Waals surface area contributed by atoms with Crippen molar-refractivity contribution in [3.63, 3.8) is 0 Å². The SMILES string of the molecule is Cc1ccc2nc(C3CCCN(C(C)C)C3)nn2c1. The zero-order valence-electron chi connectivity index (χ0n) is 12.0. The number of likely N-dealkylation sites (tertiary alicyclic amines) is 1. The maximum absolute atomic E-state index is 4.70. The summed E-state index contributed by atoms with van der Waals surface area (Å²) in [6.45, 7) is 8.92. The van der Waals surface area contributed by atoms with Gasteiger partial charge in [0.15, 0.2) is 11.5 Å². The summed E-state index contributed by atoms with van der Waals surface area (Å²) >= 11 is 0. The Bertz CT molecular complexity index is 573. The summed E-state index contributed by atoms with van der Waals surface area (Å²) in [4.78, 5) is 7.23. The van der Waals surface area contributed by atoms with Crippen LogP contribution in [-0.4, -0.2) is 38.6 Å². The topological polar surface area (TPSA) is 33.4 Å². The van der Waals surface area contributed by atoms with Crippen LogP contribution in [0, 0.1) is 6.92 Å². The number of hydrogen-bond donors (Lipinski definition) is 0. The largest absolute Gasteiger partial charge is 0.300 e. The van der Waals surface area contributed by atoms with Gasteiger partial charge in [-0.2, -0.15) is 5.10 Å². The molecule has 0 radical (unpaired) electrons. The third-order valence-corrected chi connectivity index (χ3v) is 4.04. The highest BCUT2D eigenvalue weighted by Gasteiger charge is 2.25. The molecule has 1 atom stereocenters. The maximum atomic E-state index is 4.70. The molecule has 0 aromatic carbocycles. The zero-order chi connectivity index (χ0) is 13.4. The van der Waals surface area contributed by atoms with E-state index in [1.165, 1.54) is 24.9 Å². The molecule has 19 heavy (non-hydrogen) atoms. The van der Waals surface area contributed by atoms with Crippen LogP contribution in [0.25, 0.3) is 5.65 Å². The molecule has 0 aliphatic carbocycles. The molecule has 1 fully saturated rings. The van der Waals surface area contributed by atoms with E-state index >= 15 is 0 Å². The van der Waals surface area contributed by atoms with E-state index in [1.54, 1.807) is 0 Å². The van der Waals surface area contributed by atoms with Crippen LogP contribution in [0.4, 0.5) is 0 Å². The van der Waals surface area contributed by atoms with Crippen molar-refractivity contribution in [1.29, 1.82) is 0 Å². The van der Waals surface area contributed by atoms with Crippen molar-refractivity contribution in [2.75, 3.05) is 13.1 Å². The Hall–Kier alpha value is -1.42. The predicted octanol–water partition coefficient (Wildman–Crippen LogP) is 2.63. The molecule has 4 heteroatoms. The summed E-state index contributed by atoms with van der Waals surface area (Å²) < 4.78 is 1.92. The third-order valence-electron chi connectivity index (χ3n) is 4.04. The molecule has 0 amide bonds. The van der Waals surface area contributed by atoms with Crippen molar-refractivity contribution in [2.24, 2.45) is 0 Å². The van der Waals surface area contributed by atoms with Crippen LogP contribution < -0.4 is 0 Å². The van der Waals surface area contributed by atoms with E-state index in [0.29, 0.717) is 12.0 Å².